The number of aromatic nitrogens is 1. The van der Waals surface area contributed by atoms with Gasteiger partial charge in [0.05, 0.1) is 23.7 Å². The molecule has 21 heavy (non-hydrogen) atoms. The van der Waals surface area contributed by atoms with Crippen molar-refractivity contribution in [1.29, 1.82) is 0 Å². The minimum absolute atomic E-state index is 0.0252. The molecular weight excluding hydrogens is 272 g/mol. The van der Waals surface area contributed by atoms with E-state index in [0.717, 1.165) is 11.4 Å². The summed E-state index contributed by atoms with van der Waals surface area (Å²) in [6.45, 7) is 2.52. The van der Waals surface area contributed by atoms with Gasteiger partial charge in [-0.15, -0.1) is 0 Å². The summed E-state index contributed by atoms with van der Waals surface area (Å²) < 4.78 is 5.36. The Morgan fingerprint density at radius 2 is 1.90 bits per heavy atom. The first-order valence-electron chi connectivity index (χ1n) is 6.46. The molecular formula is C14H16N4O3. The second-order valence-electron chi connectivity index (χ2n) is 4.19. The predicted molar refractivity (Wildman–Crippen MR) is 81.3 cm³/mol. The van der Waals surface area contributed by atoms with Crippen molar-refractivity contribution in [2.45, 2.75) is 6.92 Å². The monoisotopic (exact) mass is 288 g/mol. The average molecular weight is 288 g/mol. The molecule has 2 aromatic rings. The molecule has 2 N–H and O–H groups in total. The Balaban J connectivity index is 2.21. The molecule has 0 saturated heterocycles. The molecule has 1 aromatic carbocycles. The third kappa shape index (κ3) is 3.82. The number of anilines is 3. The molecule has 0 aliphatic heterocycles. The molecule has 7 heteroatoms. The van der Waals surface area contributed by atoms with Gasteiger partial charge < -0.3 is 15.4 Å². The number of nitrogens with zero attached hydrogens (tertiary/aromatic N) is 2. The van der Waals surface area contributed by atoms with Crippen molar-refractivity contribution in [2.75, 3.05) is 24.3 Å². The van der Waals surface area contributed by atoms with Crippen LogP contribution in [0.3, 0.4) is 0 Å². The van der Waals surface area contributed by atoms with Crippen molar-refractivity contribution in [3.63, 3.8) is 0 Å². The lowest BCUT2D eigenvalue weighted by molar-refractivity contribution is -0.384. The highest BCUT2D eigenvalue weighted by atomic mass is 16.6. The summed E-state index contributed by atoms with van der Waals surface area (Å²) in [7, 11) is 1.66. The largest absolute Gasteiger partial charge is 0.494 e. The van der Waals surface area contributed by atoms with Gasteiger partial charge in [-0.3, -0.25) is 10.1 Å². The van der Waals surface area contributed by atoms with E-state index >= 15 is 0 Å². The number of benzene rings is 1. The van der Waals surface area contributed by atoms with Crippen molar-refractivity contribution < 1.29 is 9.66 Å². The van der Waals surface area contributed by atoms with Gasteiger partial charge in [-0.25, -0.2) is 4.98 Å². The smallest absolute Gasteiger partial charge is 0.276 e. The normalized spacial score (nSPS) is 10.0. The Hall–Kier alpha value is -2.83. The maximum Gasteiger partial charge on any atom is 0.276 e. The van der Waals surface area contributed by atoms with Crippen molar-refractivity contribution in [1.82, 2.24) is 4.98 Å². The first-order chi connectivity index (χ1) is 10.1. The molecule has 110 valence electrons. The van der Waals surface area contributed by atoms with Crippen LogP contribution in [-0.4, -0.2) is 23.6 Å². The first-order valence-corrected chi connectivity index (χ1v) is 6.46. The number of ether oxygens (including phenoxy) is 1. The van der Waals surface area contributed by atoms with Crippen molar-refractivity contribution >= 4 is 23.0 Å². The molecule has 0 amide bonds. The highest BCUT2D eigenvalue weighted by molar-refractivity contribution is 5.62. The molecule has 2 rings (SSSR count). The van der Waals surface area contributed by atoms with Gasteiger partial charge in [0.1, 0.15) is 17.4 Å². The number of hydrogen-bond donors (Lipinski definition) is 2. The standard InChI is InChI=1S/C14H16N4O3/c1-3-21-12-6-4-10(5-7-12)16-14-9-11(18(19)20)8-13(15-2)17-14/h4-9H,3H2,1-2H3,(H2,15,16,17). The second kappa shape index (κ2) is 6.56. The van der Waals surface area contributed by atoms with Crippen molar-refractivity contribution in [3.05, 3.63) is 46.5 Å². The van der Waals surface area contributed by atoms with Crippen molar-refractivity contribution in [2.24, 2.45) is 0 Å². The van der Waals surface area contributed by atoms with E-state index in [0.29, 0.717) is 18.2 Å². The van der Waals surface area contributed by atoms with E-state index < -0.39 is 4.92 Å². The Labute approximate surface area is 122 Å². The molecule has 0 aliphatic carbocycles. The summed E-state index contributed by atoms with van der Waals surface area (Å²) in [6, 6.07) is 10.1. The van der Waals surface area contributed by atoms with E-state index in [1.54, 1.807) is 7.05 Å². The van der Waals surface area contributed by atoms with E-state index in [9.17, 15) is 10.1 Å². The van der Waals surface area contributed by atoms with Crippen LogP contribution in [0.4, 0.5) is 23.0 Å². The van der Waals surface area contributed by atoms with Gasteiger partial charge >= 0.3 is 0 Å². The maximum absolute atomic E-state index is 10.9. The summed E-state index contributed by atoms with van der Waals surface area (Å²) in [6.07, 6.45) is 0. The van der Waals surface area contributed by atoms with Gasteiger partial charge in [0.25, 0.3) is 5.69 Å². The lowest BCUT2D eigenvalue weighted by atomic mass is 10.3. The predicted octanol–water partition coefficient (Wildman–Crippen LogP) is 3.17. The Kier molecular flexibility index (Phi) is 4.55. The van der Waals surface area contributed by atoms with Crippen LogP contribution < -0.4 is 15.4 Å². The van der Waals surface area contributed by atoms with E-state index in [-0.39, 0.29) is 5.69 Å². The zero-order chi connectivity index (χ0) is 15.2. The van der Waals surface area contributed by atoms with E-state index in [4.69, 9.17) is 4.74 Å². The van der Waals surface area contributed by atoms with Crippen LogP contribution in [0.2, 0.25) is 0 Å². The summed E-state index contributed by atoms with van der Waals surface area (Å²) in [5.41, 5.74) is 0.747. The fourth-order valence-corrected chi connectivity index (χ4v) is 1.76. The quantitative estimate of drug-likeness (QED) is 0.627. The van der Waals surface area contributed by atoms with Gasteiger partial charge in [-0.2, -0.15) is 0 Å². The van der Waals surface area contributed by atoms with Gasteiger partial charge in [0, 0.05) is 12.7 Å². The Bertz CT molecular complexity index is 629. The molecule has 0 radical (unpaired) electrons. The number of nitrogens with one attached hydrogen (secondary N) is 2. The first kappa shape index (κ1) is 14.6. The van der Waals surface area contributed by atoms with Gasteiger partial charge in [-0.05, 0) is 31.2 Å². The topological polar surface area (TPSA) is 89.3 Å². The Morgan fingerprint density at radius 3 is 2.48 bits per heavy atom. The molecule has 0 bridgehead atoms. The highest BCUT2D eigenvalue weighted by Crippen LogP contribution is 2.24. The minimum atomic E-state index is -0.452. The number of rotatable bonds is 6. The SMILES string of the molecule is CCOc1ccc(Nc2cc([N+](=O)[O-])cc(NC)n2)cc1. The van der Waals surface area contributed by atoms with Gasteiger partial charge in [0.2, 0.25) is 0 Å². The molecule has 0 saturated carbocycles. The molecule has 7 nitrogen and oxygen atoms in total. The van der Waals surface area contributed by atoms with E-state index in [1.165, 1.54) is 12.1 Å². The van der Waals surface area contributed by atoms with Gasteiger partial charge in [-0.1, -0.05) is 0 Å². The fraction of sp³-hybridized carbons (Fsp3) is 0.214. The zero-order valence-corrected chi connectivity index (χ0v) is 11.8. The van der Waals surface area contributed by atoms with Gasteiger partial charge in [0.15, 0.2) is 0 Å². The van der Waals surface area contributed by atoms with Crippen LogP contribution in [0.5, 0.6) is 5.75 Å². The van der Waals surface area contributed by atoms with Crippen LogP contribution >= 0.6 is 0 Å². The Morgan fingerprint density at radius 1 is 1.24 bits per heavy atom. The van der Waals surface area contributed by atoms with Crippen LogP contribution in [-0.2, 0) is 0 Å². The van der Waals surface area contributed by atoms with E-state index in [1.807, 2.05) is 31.2 Å². The minimum Gasteiger partial charge on any atom is -0.494 e. The second-order valence-corrected chi connectivity index (χ2v) is 4.19. The highest BCUT2D eigenvalue weighted by Gasteiger charge is 2.10. The number of nitro groups is 1. The lowest BCUT2D eigenvalue weighted by Crippen LogP contribution is -2.00. The fourth-order valence-electron chi connectivity index (χ4n) is 1.76. The van der Waals surface area contributed by atoms with Crippen LogP contribution in [0.1, 0.15) is 6.92 Å². The summed E-state index contributed by atoms with van der Waals surface area (Å²) in [5, 5.41) is 16.7. The lowest BCUT2D eigenvalue weighted by Gasteiger charge is -2.09. The molecule has 0 aliphatic rings. The molecule has 0 spiro atoms. The van der Waals surface area contributed by atoms with Crippen molar-refractivity contribution in [3.8, 4) is 5.75 Å². The molecule has 1 aromatic heterocycles. The average Bonchev–Trinajstić information content (AvgIpc) is 2.49. The van der Waals surface area contributed by atoms with Crippen LogP contribution in [0.25, 0.3) is 0 Å². The van der Waals surface area contributed by atoms with Crippen LogP contribution in [0, 0.1) is 10.1 Å². The summed E-state index contributed by atoms with van der Waals surface area (Å²) in [5.74, 6) is 1.60. The summed E-state index contributed by atoms with van der Waals surface area (Å²) >= 11 is 0. The third-order valence-electron chi connectivity index (χ3n) is 2.71. The molecule has 0 unspecified atom stereocenters. The third-order valence-corrected chi connectivity index (χ3v) is 2.71. The zero-order valence-electron chi connectivity index (χ0n) is 11.8. The number of hydrogen-bond acceptors (Lipinski definition) is 6. The van der Waals surface area contributed by atoms with Crippen LogP contribution in [0.15, 0.2) is 36.4 Å². The van der Waals surface area contributed by atoms with E-state index in [2.05, 4.69) is 15.6 Å². The molecule has 0 fully saturated rings. The molecule has 1 heterocycles. The maximum atomic E-state index is 10.9. The molecule has 0 atom stereocenters. The summed E-state index contributed by atoms with van der Waals surface area (Å²) in [4.78, 5) is 14.7. The number of pyridine rings is 1.